The smallest absolute Gasteiger partial charge is 0.143 e. The molecular weight excluding hydrogens is 222 g/mol. The summed E-state index contributed by atoms with van der Waals surface area (Å²) >= 11 is 1.67. The topological polar surface area (TPSA) is 47.0 Å². The Balaban J connectivity index is 1.64. The summed E-state index contributed by atoms with van der Waals surface area (Å²) in [5.74, 6) is 0. The average Bonchev–Trinajstić information content (AvgIpc) is 2.99. The number of ether oxygens (including phenoxy) is 1. The lowest BCUT2D eigenvalue weighted by atomic mass is 10.4. The molecule has 2 rings (SSSR count). The van der Waals surface area contributed by atoms with E-state index in [2.05, 4.69) is 22.4 Å². The lowest BCUT2D eigenvalue weighted by Gasteiger charge is -1.98. The van der Waals surface area contributed by atoms with Crippen molar-refractivity contribution in [2.24, 2.45) is 0 Å². The molecule has 1 aliphatic rings. The SMILES string of the molecule is CCCOCc1nnc(CCNC2CC2)s1. The zero-order valence-electron chi connectivity index (χ0n) is 9.74. The Hall–Kier alpha value is -0.520. The van der Waals surface area contributed by atoms with E-state index in [0.29, 0.717) is 6.61 Å². The normalized spacial score (nSPS) is 15.6. The summed E-state index contributed by atoms with van der Waals surface area (Å²) in [6, 6.07) is 0.778. The first kappa shape index (κ1) is 12.0. The van der Waals surface area contributed by atoms with E-state index in [-0.39, 0.29) is 0 Å². The second kappa shape index (κ2) is 6.27. The second-order valence-electron chi connectivity index (χ2n) is 4.12. The predicted molar refractivity (Wildman–Crippen MR) is 64.6 cm³/mol. The molecule has 5 heteroatoms. The molecule has 0 unspecified atom stereocenters. The van der Waals surface area contributed by atoms with Gasteiger partial charge in [0.25, 0.3) is 0 Å². The van der Waals surface area contributed by atoms with Crippen molar-refractivity contribution in [2.45, 2.75) is 45.3 Å². The molecule has 1 aromatic rings. The molecule has 1 saturated carbocycles. The van der Waals surface area contributed by atoms with Crippen molar-refractivity contribution < 1.29 is 4.74 Å². The number of nitrogens with one attached hydrogen (secondary N) is 1. The van der Waals surface area contributed by atoms with E-state index in [1.165, 1.54) is 12.8 Å². The standard InChI is InChI=1S/C11H19N3OS/c1-2-7-15-8-11-14-13-10(16-11)5-6-12-9-3-4-9/h9,12H,2-8H2,1H3. The van der Waals surface area contributed by atoms with Gasteiger partial charge >= 0.3 is 0 Å². The van der Waals surface area contributed by atoms with Crippen molar-refractivity contribution >= 4 is 11.3 Å². The van der Waals surface area contributed by atoms with Gasteiger partial charge in [-0.1, -0.05) is 18.3 Å². The first-order chi connectivity index (χ1) is 7.88. The highest BCUT2D eigenvalue weighted by molar-refractivity contribution is 7.11. The molecule has 4 nitrogen and oxygen atoms in total. The van der Waals surface area contributed by atoms with Crippen molar-refractivity contribution in [2.75, 3.05) is 13.2 Å². The fourth-order valence-electron chi connectivity index (χ4n) is 1.42. The Bertz CT molecular complexity index is 312. The Morgan fingerprint density at radius 1 is 1.38 bits per heavy atom. The van der Waals surface area contributed by atoms with Gasteiger partial charge in [0.1, 0.15) is 16.6 Å². The van der Waals surface area contributed by atoms with Crippen LogP contribution in [0.3, 0.4) is 0 Å². The highest BCUT2D eigenvalue weighted by atomic mass is 32.1. The van der Waals surface area contributed by atoms with Gasteiger partial charge in [0.05, 0.1) is 0 Å². The first-order valence-electron chi connectivity index (χ1n) is 6.01. The fourth-order valence-corrected chi connectivity index (χ4v) is 2.20. The number of hydrogen-bond acceptors (Lipinski definition) is 5. The molecule has 0 radical (unpaired) electrons. The maximum atomic E-state index is 5.43. The lowest BCUT2D eigenvalue weighted by molar-refractivity contribution is 0.121. The van der Waals surface area contributed by atoms with Crippen LogP contribution >= 0.6 is 11.3 Å². The second-order valence-corrected chi connectivity index (χ2v) is 5.27. The van der Waals surface area contributed by atoms with E-state index in [1.54, 1.807) is 11.3 Å². The van der Waals surface area contributed by atoms with Gasteiger partial charge in [-0.15, -0.1) is 10.2 Å². The minimum atomic E-state index is 0.613. The van der Waals surface area contributed by atoms with E-state index in [1.807, 2.05) is 0 Å². The van der Waals surface area contributed by atoms with Gasteiger partial charge in [-0.05, 0) is 19.3 Å². The molecule has 1 aliphatic carbocycles. The van der Waals surface area contributed by atoms with Crippen LogP contribution in [0.1, 0.15) is 36.2 Å². The number of aromatic nitrogens is 2. The maximum Gasteiger partial charge on any atom is 0.143 e. The number of nitrogens with zero attached hydrogens (tertiary/aromatic N) is 2. The molecule has 0 aliphatic heterocycles. The van der Waals surface area contributed by atoms with Gasteiger partial charge in [-0.2, -0.15) is 0 Å². The van der Waals surface area contributed by atoms with Crippen molar-refractivity contribution in [3.8, 4) is 0 Å². The van der Waals surface area contributed by atoms with Crippen LogP contribution in [0.4, 0.5) is 0 Å². The zero-order chi connectivity index (χ0) is 11.2. The van der Waals surface area contributed by atoms with E-state index < -0.39 is 0 Å². The number of rotatable bonds is 8. The van der Waals surface area contributed by atoms with Gasteiger partial charge in [-0.3, -0.25) is 0 Å². The van der Waals surface area contributed by atoms with Crippen molar-refractivity contribution in [1.29, 1.82) is 0 Å². The van der Waals surface area contributed by atoms with Crippen LogP contribution in [0.5, 0.6) is 0 Å². The molecule has 1 N–H and O–H groups in total. The molecule has 90 valence electrons. The molecule has 0 atom stereocenters. The highest BCUT2D eigenvalue weighted by Gasteiger charge is 2.19. The van der Waals surface area contributed by atoms with Crippen LogP contribution in [0, 0.1) is 0 Å². The van der Waals surface area contributed by atoms with Crippen molar-refractivity contribution in [3.05, 3.63) is 10.0 Å². The van der Waals surface area contributed by atoms with Crippen LogP contribution in [0.25, 0.3) is 0 Å². The lowest BCUT2D eigenvalue weighted by Crippen LogP contribution is -2.19. The Labute approximate surface area is 100 Å². The van der Waals surface area contributed by atoms with E-state index in [9.17, 15) is 0 Å². The summed E-state index contributed by atoms with van der Waals surface area (Å²) in [5, 5.41) is 13.9. The maximum absolute atomic E-state index is 5.43. The molecule has 0 aromatic carbocycles. The Morgan fingerprint density at radius 3 is 2.94 bits per heavy atom. The predicted octanol–water partition coefficient (Wildman–Crippen LogP) is 1.76. The summed E-state index contributed by atoms with van der Waals surface area (Å²) < 4.78 is 5.43. The van der Waals surface area contributed by atoms with Crippen LogP contribution in [0.15, 0.2) is 0 Å². The molecule has 1 heterocycles. The van der Waals surface area contributed by atoms with E-state index in [0.717, 1.165) is 42.1 Å². The van der Waals surface area contributed by atoms with Gasteiger partial charge in [-0.25, -0.2) is 0 Å². The molecule has 0 spiro atoms. The third-order valence-corrected chi connectivity index (χ3v) is 3.39. The van der Waals surface area contributed by atoms with Crippen LogP contribution in [-0.4, -0.2) is 29.4 Å². The molecule has 16 heavy (non-hydrogen) atoms. The van der Waals surface area contributed by atoms with Crippen LogP contribution in [0.2, 0.25) is 0 Å². The zero-order valence-corrected chi connectivity index (χ0v) is 10.6. The third kappa shape index (κ3) is 4.15. The van der Waals surface area contributed by atoms with E-state index >= 15 is 0 Å². The first-order valence-corrected chi connectivity index (χ1v) is 6.82. The fraction of sp³-hybridized carbons (Fsp3) is 0.818. The average molecular weight is 241 g/mol. The molecule has 0 bridgehead atoms. The third-order valence-electron chi connectivity index (χ3n) is 2.43. The molecule has 1 fully saturated rings. The largest absolute Gasteiger partial charge is 0.374 e. The minimum absolute atomic E-state index is 0.613. The Morgan fingerprint density at radius 2 is 2.19 bits per heavy atom. The Kier molecular flexibility index (Phi) is 4.69. The molecule has 0 saturated heterocycles. The van der Waals surface area contributed by atoms with Crippen LogP contribution < -0.4 is 5.32 Å². The summed E-state index contributed by atoms with van der Waals surface area (Å²) in [6.07, 6.45) is 4.72. The van der Waals surface area contributed by atoms with Gasteiger partial charge < -0.3 is 10.1 Å². The molecule has 0 amide bonds. The minimum Gasteiger partial charge on any atom is -0.374 e. The van der Waals surface area contributed by atoms with Gasteiger partial charge in [0, 0.05) is 25.6 Å². The van der Waals surface area contributed by atoms with Gasteiger partial charge in [0.2, 0.25) is 0 Å². The molecular formula is C11H19N3OS. The monoisotopic (exact) mass is 241 g/mol. The van der Waals surface area contributed by atoms with Crippen LogP contribution in [-0.2, 0) is 17.8 Å². The summed E-state index contributed by atoms with van der Waals surface area (Å²) in [7, 11) is 0. The molecule has 1 aromatic heterocycles. The highest BCUT2D eigenvalue weighted by Crippen LogP contribution is 2.18. The quantitative estimate of drug-likeness (QED) is 0.705. The number of hydrogen-bond donors (Lipinski definition) is 1. The summed E-state index contributed by atoms with van der Waals surface area (Å²) in [4.78, 5) is 0. The summed E-state index contributed by atoms with van der Waals surface area (Å²) in [5.41, 5.74) is 0. The van der Waals surface area contributed by atoms with Gasteiger partial charge in [0.15, 0.2) is 0 Å². The van der Waals surface area contributed by atoms with E-state index in [4.69, 9.17) is 4.74 Å². The van der Waals surface area contributed by atoms with Crippen molar-refractivity contribution in [1.82, 2.24) is 15.5 Å². The van der Waals surface area contributed by atoms with Crippen molar-refractivity contribution in [3.63, 3.8) is 0 Å². The summed E-state index contributed by atoms with van der Waals surface area (Å²) in [6.45, 7) is 4.55.